The molecule has 0 aliphatic heterocycles. The summed E-state index contributed by atoms with van der Waals surface area (Å²) >= 11 is 3.31. The summed E-state index contributed by atoms with van der Waals surface area (Å²) < 4.78 is 13.7. The van der Waals surface area contributed by atoms with Crippen molar-refractivity contribution >= 4 is 27.0 Å². The molecular formula is C13H8BrFN2O. The van der Waals surface area contributed by atoms with Gasteiger partial charge in [0.15, 0.2) is 0 Å². The molecule has 1 aromatic heterocycles. The van der Waals surface area contributed by atoms with E-state index >= 15 is 0 Å². The van der Waals surface area contributed by atoms with Crippen LogP contribution in [0.1, 0.15) is 0 Å². The number of benzene rings is 2. The van der Waals surface area contributed by atoms with Gasteiger partial charge >= 0.3 is 0 Å². The van der Waals surface area contributed by atoms with Crippen LogP contribution in [-0.4, -0.2) is 15.1 Å². The molecule has 18 heavy (non-hydrogen) atoms. The van der Waals surface area contributed by atoms with Crippen molar-refractivity contribution in [3.8, 4) is 17.1 Å². The Hall–Kier alpha value is -1.88. The number of phenolic OH excluding ortho intramolecular Hbond substituents is 1. The summed E-state index contributed by atoms with van der Waals surface area (Å²) in [5.74, 6) is 0.498. The molecule has 5 heteroatoms. The molecule has 0 bridgehead atoms. The SMILES string of the molecule is Oc1ccc2nc(-c3ccc(F)cc3Br)[nH]c2c1. The molecule has 0 fully saturated rings. The van der Waals surface area contributed by atoms with Gasteiger partial charge in [0.1, 0.15) is 17.4 Å². The van der Waals surface area contributed by atoms with E-state index in [4.69, 9.17) is 0 Å². The van der Waals surface area contributed by atoms with E-state index in [1.807, 2.05) is 0 Å². The molecule has 1 heterocycles. The zero-order valence-electron chi connectivity index (χ0n) is 9.11. The van der Waals surface area contributed by atoms with E-state index < -0.39 is 0 Å². The van der Waals surface area contributed by atoms with E-state index in [1.165, 1.54) is 12.1 Å². The number of nitrogens with one attached hydrogen (secondary N) is 1. The summed E-state index contributed by atoms with van der Waals surface area (Å²) in [4.78, 5) is 7.48. The van der Waals surface area contributed by atoms with Gasteiger partial charge in [0.25, 0.3) is 0 Å². The first-order valence-corrected chi connectivity index (χ1v) is 6.07. The maximum atomic E-state index is 13.0. The number of aromatic amines is 1. The van der Waals surface area contributed by atoms with Crippen molar-refractivity contribution in [3.63, 3.8) is 0 Å². The van der Waals surface area contributed by atoms with Crippen molar-refractivity contribution in [2.75, 3.05) is 0 Å². The quantitative estimate of drug-likeness (QED) is 0.717. The molecule has 3 rings (SSSR count). The van der Waals surface area contributed by atoms with Crippen LogP contribution in [0, 0.1) is 5.82 Å². The average Bonchev–Trinajstić information content (AvgIpc) is 2.71. The second kappa shape index (κ2) is 4.10. The van der Waals surface area contributed by atoms with Crippen molar-refractivity contribution in [2.24, 2.45) is 0 Å². The predicted octanol–water partition coefficient (Wildman–Crippen LogP) is 3.84. The molecule has 0 saturated heterocycles. The third-order valence-electron chi connectivity index (χ3n) is 2.65. The number of H-pyrrole nitrogens is 1. The van der Waals surface area contributed by atoms with Crippen LogP contribution in [0.5, 0.6) is 5.75 Å². The number of hydrogen-bond acceptors (Lipinski definition) is 2. The molecule has 0 aliphatic rings. The van der Waals surface area contributed by atoms with Crippen molar-refractivity contribution in [1.29, 1.82) is 0 Å². The molecule has 0 atom stereocenters. The van der Waals surface area contributed by atoms with Crippen molar-refractivity contribution in [1.82, 2.24) is 9.97 Å². The molecule has 3 aromatic rings. The topological polar surface area (TPSA) is 48.9 Å². The highest BCUT2D eigenvalue weighted by atomic mass is 79.9. The average molecular weight is 307 g/mol. The van der Waals surface area contributed by atoms with Gasteiger partial charge in [0.05, 0.1) is 11.0 Å². The number of rotatable bonds is 1. The number of fused-ring (bicyclic) bond motifs is 1. The molecule has 0 amide bonds. The predicted molar refractivity (Wildman–Crippen MR) is 70.9 cm³/mol. The molecule has 2 N–H and O–H groups in total. The van der Waals surface area contributed by atoms with Crippen LogP contribution in [0.3, 0.4) is 0 Å². The lowest BCUT2D eigenvalue weighted by Crippen LogP contribution is -1.83. The zero-order valence-corrected chi connectivity index (χ0v) is 10.7. The summed E-state index contributed by atoms with van der Waals surface area (Å²) in [7, 11) is 0. The Morgan fingerprint density at radius 1 is 1.17 bits per heavy atom. The Morgan fingerprint density at radius 3 is 2.78 bits per heavy atom. The van der Waals surface area contributed by atoms with E-state index in [0.29, 0.717) is 10.3 Å². The fraction of sp³-hybridized carbons (Fsp3) is 0. The van der Waals surface area contributed by atoms with Gasteiger partial charge in [-0.1, -0.05) is 0 Å². The van der Waals surface area contributed by atoms with Gasteiger partial charge < -0.3 is 10.1 Å². The van der Waals surface area contributed by atoms with Gasteiger partial charge in [0, 0.05) is 16.1 Å². The van der Waals surface area contributed by atoms with Crippen LogP contribution in [0.25, 0.3) is 22.4 Å². The Kier molecular flexibility index (Phi) is 2.56. The summed E-state index contributed by atoms with van der Waals surface area (Å²) in [5, 5.41) is 9.39. The second-order valence-corrected chi connectivity index (χ2v) is 4.77. The highest BCUT2D eigenvalue weighted by molar-refractivity contribution is 9.10. The van der Waals surface area contributed by atoms with Gasteiger partial charge in [-0.05, 0) is 46.3 Å². The van der Waals surface area contributed by atoms with Gasteiger partial charge in [0.2, 0.25) is 0 Å². The molecule has 3 nitrogen and oxygen atoms in total. The minimum atomic E-state index is -0.306. The molecule has 90 valence electrons. The number of aromatic hydroxyl groups is 1. The molecular weight excluding hydrogens is 299 g/mol. The molecule has 0 spiro atoms. The maximum absolute atomic E-state index is 13.0. The maximum Gasteiger partial charge on any atom is 0.139 e. The third kappa shape index (κ3) is 1.86. The van der Waals surface area contributed by atoms with Crippen LogP contribution >= 0.6 is 15.9 Å². The molecule has 0 radical (unpaired) electrons. The highest BCUT2D eigenvalue weighted by Crippen LogP contribution is 2.29. The summed E-state index contributed by atoms with van der Waals surface area (Å²) in [5.41, 5.74) is 2.26. The first-order valence-electron chi connectivity index (χ1n) is 5.27. The fourth-order valence-electron chi connectivity index (χ4n) is 1.81. The minimum absolute atomic E-state index is 0.177. The van der Waals surface area contributed by atoms with Crippen LogP contribution in [0.15, 0.2) is 40.9 Å². The molecule has 2 aromatic carbocycles. The molecule has 0 unspecified atom stereocenters. The van der Waals surface area contributed by atoms with Crippen molar-refractivity contribution in [3.05, 3.63) is 46.7 Å². The Balaban J connectivity index is 2.19. The summed E-state index contributed by atoms with van der Waals surface area (Å²) in [6.45, 7) is 0. The highest BCUT2D eigenvalue weighted by Gasteiger charge is 2.09. The fourth-order valence-corrected chi connectivity index (χ4v) is 2.35. The second-order valence-electron chi connectivity index (χ2n) is 3.91. The van der Waals surface area contributed by atoms with Gasteiger partial charge in [-0.25, -0.2) is 9.37 Å². The zero-order chi connectivity index (χ0) is 12.7. The van der Waals surface area contributed by atoms with Gasteiger partial charge in [-0.3, -0.25) is 0 Å². The third-order valence-corrected chi connectivity index (χ3v) is 3.31. The van der Waals surface area contributed by atoms with Crippen molar-refractivity contribution < 1.29 is 9.50 Å². The molecule has 0 saturated carbocycles. The Morgan fingerprint density at radius 2 is 2.00 bits per heavy atom. The lowest BCUT2D eigenvalue weighted by atomic mass is 10.2. The number of imidazole rings is 1. The van der Waals surface area contributed by atoms with E-state index in [1.54, 1.807) is 24.3 Å². The van der Waals surface area contributed by atoms with Crippen LogP contribution in [0.2, 0.25) is 0 Å². The van der Waals surface area contributed by atoms with E-state index in [0.717, 1.165) is 16.6 Å². The van der Waals surface area contributed by atoms with E-state index in [2.05, 4.69) is 25.9 Å². The molecule has 0 aliphatic carbocycles. The lowest BCUT2D eigenvalue weighted by Gasteiger charge is -2.00. The van der Waals surface area contributed by atoms with Crippen LogP contribution in [-0.2, 0) is 0 Å². The lowest BCUT2D eigenvalue weighted by molar-refractivity contribution is 0.476. The van der Waals surface area contributed by atoms with Crippen LogP contribution in [0.4, 0.5) is 4.39 Å². The summed E-state index contributed by atoms with van der Waals surface area (Å²) in [6.07, 6.45) is 0. The monoisotopic (exact) mass is 306 g/mol. The van der Waals surface area contributed by atoms with Crippen molar-refractivity contribution in [2.45, 2.75) is 0 Å². The Labute approximate surface area is 110 Å². The van der Waals surface area contributed by atoms with Gasteiger partial charge in [-0.2, -0.15) is 0 Å². The smallest absolute Gasteiger partial charge is 0.139 e. The number of halogens is 2. The van der Waals surface area contributed by atoms with E-state index in [9.17, 15) is 9.50 Å². The van der Waals surface area contributed by atoms with Crippen LogP contribution < -0.4 is 0 Å². The van der Waals surface area contributed by atoms with Gasteiger partial charge in [-0.15, -0.1) is 0 Å². The number of aromatic nitrogens is 2. The first kappa shape index (κ1) is 11.2. The minimum Gasteiger partial charge on any atom is -0.508 e. The normalized spacial score (nSPS) is 11.0. The number of nitrogens with zero attached hydrogens (tertiary/aromatic N) is 1. The number of hydrogen-bond donors (Lipinski definition) is 2. The first-order chi connectivity index (χ1) is 8.63. The number of phenols is 1. The Bertz CT molecular complexity index is 739. The van der Waals surface area contributed by atoms with E-state index in [-0.39, 0.29) is 11.6 Å². The summed E-state index contributed by atoms with van der Waals surface area (Å²) in [6, 6.07) is 9.32. The standard InChI is InChI=1S/C13H8BrFN2O/c14-10-5-7(15)1-3-9(10)13-16-11-4-2-8(18)6-12(11)17-13/h1-6,18H,(H,16,17). The largest absolute Gasteiger partial charge is 0.508 e.